The van der Waals surface area contributed by atoms with E-state index in [0.29, 0.717) is 16.8 Å². The van der Waals surface area contributed by atoms with Crippen molar-refractivity contribution in [2.45, 2.75) is 31.7 Å². The van der Waals surface area contributed by atoms with Crippen molar-refractivity contribution < 1.29 is 14.7 Å². The minimum absolute atomic E-state index is 0.0254. The second-order valence-electron chi connectivity index (χ2n) is 5.63. The van der Waals surface area contributed by atoms with Gasteiger partial charge in [-0.15, -0.1) is 11.3 Å². The molecule has 106 valence electrons. The maximum Gasteiger partial charge on any atom is 0.328 e. The summed E-state index contributed by atoms with van der Waals surface area (Å²) in [6.07, 6.45) is 7.55. The molecule has 3 atom stereocenters. The van der Waals surface area contributed by atoms with Crippen LogP contribution in [0.25, 0.3) is 6.08 Å². The summed E-state index contributed by atoms with van der Waals surface area (Å²) in [6.45, 7) is 0. The van der Waals surface area contributed by atoms with Crippen molar-refractivity contribution in [2.24, 2.45) is 11.8 Å². The number of carboxylic acids is 1. The first-order valence-electron chi connectivity index (χ1n) is 6.93. The van der Waals surface area contributed by atoms with Gasteiger partial charge < -0.3 is 10.4 Å². The first-order chi connectivity index (χ1) is 9.61. The van der Waals surface area contributed by atoms with E-state index in [4.69, 9.17) is 5.11 Å². The van der Waals surface area contributed by atoms with E-state index in [1.54, 1.807) is 12.1 Å². The molecule has 3 unspecified atom stereocenters. The summed E-state index contributed by atoms with van der Waals surface area (Å²) in [4.78, 5) is 24.1. The van der Waals surface area contributed by atoms with Crippen LogP contribution in [-0.4, -0.2) is 23.0 Å². The molecule has 0 spiro atoms. The maximum atomic E-state index is 12.2. The van der Waals surface area contributed by atoms with Crippen LogP contribution in [0.15, 0.2) is 18.2 Å². The maximum absolute atomic E-state index is 12.2. The van der Waals surface area contributed by atoms with Crippen LogP contribution in [0, 0.1) is 11.8 Å². The zero-order valence-corrected chi connectivity index (χ0v) is 11.9. The third kappa shape index (κ3) is 2.77. The van der Waals surface area contributed by atoms with Gasteiger partial charge in [0.25, 0.3) is 5.91 Å². The first-order valence-corrected chi connectivity index (χ1v) is 7.75. The highest BCUT2D eigenvalue weighted by atomic mass is 32.1. The number of nitrogens with one attached hydrogen (secondary N) is 1. The summed E-state index contributed by atoms with van der Waals surface area (Å²) < 4.78 is 0. The monoisotopic (exact) mass is 291 g/mol. The molecule has 1 heterocycles. The molecule has 3 rings (SSSR count). The molecule has 1 amide bonds. The SMILES string of the molecule is O=C(O)C=Cc1ccc(C(=O)NC2CC3CCC2C3)s1. The number of aliphatic carboxylic acids is 1. The van der Waals surface area contributed by atoms with E-state index in [-0.39, 0.29) is 5.91 Å². The van der Waals surface area contributed by atoms with Crippen molar-refractivity contribution in [1.29, 1.82) is 0 Å². The molecular weight excluding hydrogens is 274 g/mol. The zero-order valence-electron chi connectivity index (χ0n) is 11.0. The minimum Gasteiger partial charge on any atom is -0.478 e. The Hall–Kier alpha value is -1.62. The van der Waals surface area contributed by atoms with Gasteiger partial charge in [0.05, 0.1) is 4.88 Å². The summed E-state index contributed by atoms with van der Waals surface area (Å²) >= 11 is 1.32. The zero-order chi connectivity index (χ0) is 14.1. The third-order valence-electron chi connectivity index (χ3n) is 4.30. The molecule has 0 radical (unpaired) electrons. The molecule has 1 aromatic rings. The number of thiophene rings is 1. The van der Waals surface area contributed by atoms with Crippen LogP contribution in [0.5, 0.6) is 0 Å². The fourth-order valence-electron chi connectivity index (χ4n) is 3.38. The van der Waals surface area contributed by atoms with Crippen molar-refractivity contribution in [1.82, 2.24) is 5.32 Å². The average molecular weight is 291 g/mol. The van der Waals surface area contributed by atoms with Crippen molar-refractivity contribution in [3.05, 3.63) is 28.0 Å². The Kier molecular flexibility index (Phi) is 3.61. The van der Waals surface area contributed by atoms with Gasteiger partial charge in [0.15, 0.2) is 0 Å². The smallest absolute Gasteiger partial charge is 0.328 e. The highest BCUT2D eigenvalue weighted by molar-refractivity contribution is 7.14. The van der Waals surface area contributed by atoms with Crippen molar-refractivity contribution in [3.63, 3.8) is 0 Å². The summed E-state index contributed by atoms with van der Waals surface area (Å²) in [6, 6.07) is 3.87. The van der Waals surface area contributed by atoms with E-state index >= 15 is 0 Å². The lowest BCUT2D eigenvalue weighted by molar-refractivity contribution is -0.131. The van der Waals surface area contributed by atoms with E-state index in [1.165, 1.54) is 36.7 Å². The van der Waals surface area contributed by atoms with Gasteiger partial charge >= 0.3 is 5.97 Å². The molecule has 5 heteroatoms. The molecule has 20 heavy (non-hydrogen) atoms. The topological polar surface area (TPSA) is 66.4 Å². The molecule has 2 aliphatic rings. The third-order valence-corrected chi connectivity index (χ3v) is 5.34. The number of hydrogen-bond donors (Lipinski definition) is 2. The van der Waals surface area contributed by atoms with Gasteiger partial charge in [0, 0.05) is 17.0 Å². The predicted octanol–water partition coefficient (Wildman–Crippen LogP) is 2.76. The number of carboxylic acid groups (broad SMARTS) is 1. The van der Waals surface area contributed by atoms with Crippen molar-refractivity contribution >= 4 is 29.3 Å². The van der Waals surface area contributed by atoms with Crippen LogP contribution in [-0.2, 0) is 4.79 Å². The number of fused-ring (bicyclic) bond motifs is 2. The van der Waals surface area contributed by atoms with E-state index in [2.05, 4.69) is 5.32 Å². The van der Waals surface area contributed by atoms with Gasteiger partial charge in [-0.1, -0.05) is 6.42 Å². The standard InChI is InChI=1S/C15H17NO3S/c17-14(18)6-4-11-3-5-13(20-11)15(19)16-12-8-9-1-2-10(12)7-9/h3-6,9-10,12H,1-2,7-8H2,(H,16,19)(H,17,18). The molecule has 2 aliphatic carbocycles. The second kappa shape index (κ2) is 5.40. The number of rotatable bonds is 4. The summed E-state index contributed by atoms with van der Waals surface area (Å²) in [5.74, 6) is 0.465. The Bertz CT molecular complexity index is 563. The molecular formula is C15H17NO3S. The number of carbonyl (C=O) groups excluding carboxylic acids is 1. The lowest BCUT2D eigenvalue weighted by Crippen LogP contribution is -2.38. The molecule has 0 saturated heterocycles. The van der Waals surface area contributed by atoms with E-state index in [0.717, 1.165) is 23.3 Å². The molecule has 0 aliphatic heterocycles. The molecule has 2 fully saturated rings. The van der Waals surface area contributed by atoms with Crippen LogP contribution < -0.4 is 5.32 Å². The van der Waals surface area contributed by atoms with Gasteiger partial charge in [-0.05, 0) is 49.3 Å². The fraction of sp³-hybridized carbons (Fsp3) is 0.467. The quantitative estimate of drug-likeness (QED) is 0.838. The van der Waals surface area contributed by atoms with Crippen molar-refractivity contribution in [2.75, 3.05) is 0 Å². The largest absolute Gasteiger partial charge is 0.478 e. The van der Waals surface area contributed by atoms with Gasteiger partial charge in [0.1, 0.15) is 0 Å². The van der Waals surface area contributed by atoms with Gasteiger partial charge in [-0.3, -0.25) is 4.79 Å². The Morgan fingerprint density at radius 2 is 2.15 bits per heavy atom. The Morgan fingerprint density at radius 3 is 2.80 bits per heavy atom. The normalized spacial score (nSPS) is 28.1. The molecule has 4 nitrogen and oxygen atoms in total. The average Bonchev–Trinajstić information content (AvgIpc) is 3.12. The molecule has 2 saturated carbocycles. The highest BCUT2D eigenvalue weighted by Gasteiger charge is 2.40. The summed E-state index contributed by atoms with van der Waals surface area (Å²) in [5, 5.41) is 11.7. The van der Waals surface area contributed by atoms with Crippen molar-refractivity contribution in [3.8, 4) is 0 Å². The highest BCUT2D eigenvalue weighted by Crippen LogP contribution is 2.44. The van der Waals surface area contributed by atoms with Gasteiger partial charge in [-0.2, -0.15) is 0 Å². The van der Waals surface area contributed by atoms with Gasteiger partial charge in [0.2, 0.25) is 0 Å². The minimum atomic E-state index is -0.980. The number of amides is 1. The van der Waals surface area contributed by atoms with Crippen LogP contribution in [0.4, 0.5) is 0 Å². The summed E-state index contributed by atoms with van der Waals surface area (Å²) in [5.41, 5.74) is 0. The first kappa shape index (κ1) is 13.4. The molecule has 1 aromatic heterocycles. The fourth-order valence-corrected chi connectivity index (χ4v) is 4.19. The van der Waals surface area contributed by atoms with Crippen LogP contribution in [0.1, 0.15) is 40.2 Å². The summed E-state index contributed by atoms with van der Waals surface area (Å²) in [7, 11) is 0. The molecule has 2 bridgehead atoms. The van der Waals surface area contributed by atoms with E-state index in [9.17, 15) is 9.59 Å². The van der Waals surface area contributed by atoms with Crippen LogP contribution in [0.3, 0.4) is 0 Å². The Labute approximate surface area is 121 Å². The van der Waals surface area contributed by atoms with Gasteiger partial charge in [-0.25, -0.2) is 4.79 Å². The Balaban J connectivity index is 1.61. The van der Waals surface area contributed by atoms with Crippen LogP contribution >= 0.6 is 11.3 Å². The van der Waals surface area contributed by atoms with E-state index < -0.39 is 5.97 Å². The van der Waals surface area contributed by atoms with E-state index in [1.807, 2.05) is 0 Å². The second-order valence-corrected chi connectivity index (χ2v) is 6.74. The molecule has 2 N–H and O–H groups in total. The number of hydrogen-bond acceptors (Lipinski definition) is 3. The lowest BCUT2D eigenvalue weighted by Gasteiger charge is -2.22. The van der Waals surface area contributed by atoms with Crippen LogP contribution in [0.2, 0.25) is 0 Å². The lowest BCUT2D eigenvalue weighted by atomic mass is 9.95. The predicted molar refractivity (Wildman–Crippen MR) is 77.7 cm³/mol. The molecule has 0 aromatic carbocycles. The number of carbonyl (C=O) groups is 2. The Morgan fingerprint density at radius 1 is 1.30 bits per heavy atom.